The van der Waals surface area contributed by atoms with Crippen molar-refractivity contribution in [1.29, 1.82) is 0 Å². The Morgan fingerprint density at radius 3 is 2.15 bits per heavy atom. The number of benzene rings is 2. The molecule has 54 heavy (non-hydrogen) atoms. The first-order valence-corrected chi connectivity index (χ1v) is 19.7. The van der Waals surface area contributed by atoms with Crippen molar-refractivity contribution in [3.05, 3.63) is 92.3 Å². The van der Waals surface area contributed by atoms with Gasteiger partial charge in [-0.25, -0.2) is 9.59 Å². The average molecular weight is 945 g/mol. The summed E-state index contributed by atoms with van der Waals surface area (Å²) < 4.78 is 28.3. The van der Waals surface area contributed by atoms with Crippen molar-refractivity contribution in [1.82, 2.24) is 19.8 Å². The molecule has 4 rings (SSSR count). The van der Waals surface area contributed by atoms with Gasteiger partial charge in [-0.3, -0.25) is 23.9 Å². The molecule has 2 amide bonds. The number of aromatic amines is 1. The summed E-state index contributed by atoms with van der Waals surface area (Å²) in [5.74, 6) is -1.18. The van der Waals surface area contributed by atoms with Gasteiger partial charge in [-0.2, -0.15) is 0 Å². The highest BCUT2D eigenvalue weighted by molar-refractivity contribution is 9.39. The molecule has 1 heterocycles. The topological polar surface area (TPSA) is 167 Å². The van der Waals surface area contributed by atoms with E-state index in [1.165, 1.54) is 29.1 Å². The molecule has 0 saturated heterocycles. The summed E-state index contributed by atoms with van der Waals surface area (Å²) in [6, 6.07) is 16.3. The Balaban J connectivity index is 1.10. The van der Waals surface area contributed by atoms with Crippen LogP contribution < -0.4 is 16.6 Å². The van der Waals surface area contributed by atoms with E-state index in [1.807, 2.05) is 38.1 Å². The standard InChI is InChI=1S/C37H45Br3N4O10/c1-25-19-44(34(48)42-33(25)47)20-31(45)43(21-32(46)53-24-37(38,39)40)13-8-14-50-15-16-51-17-18-54-36(2,3)23-41-35(49)52-22-30-28-11-6-4-9-26(28)27-10-5-7-12-29(27)30/h4-7,9-12,19,30H,8,13-18,20-24H2,1-3H3,(H,41,49)(H,42,47,48). The Morgan fingerprint density at radius 1 is 0.889 bits per heavy atom. The Kier molecular flexibility index (Phi) is 16.5. The minimum atomic E-state index is -0.804. The van der Waals surface area contributed by atoms with Gasteiger partial charge in [0.1, 0.15) is 26.3 Å². The fourth-order valence-corrected chi connectivity index (χ4v) is 6.02. The summed E-state index contributed by atoms with van der Waals surface area (Å²) in [5.41, 5.74) is 2.97. The Morgan fingerprint density at radius 2 is 1.50 bits per heavy atom. The van der Waals surface area contributed by atoms with Crippen LogP contribution in [0.4, 0.5) is 4.79 Å². The van der Waals surface area contributed by atoms with Gasteiger partial charge in [0.15, 0.2) is 2.14 Å². The van der Waals surface area contributed by atoms with Gasteiger partial charge < -0.3 is 33.9 Å². The molecule has 0 spiro atoms. The van der Waals surface area contributed by atoms with Crippen molar-refractivity contribution in [2.24, 2.45) is 0 Å². The number of aryl methyl sites for hydroxylation is 1. The third kappa shape index (κ3) is 13.7. The summed E-state index contributed by atoms with van der Waals surface area (Å²) in [7, 11) is 0. The lowest BCUT2D eigenvalue weighted by atomic mass is 9.98. The van der Waals surface area contributed by atoms with Gasteiger partial charge in [-0.05, 0) is 49.4 Å². The largest absolute Gasteiger partial charge is 0.461 e. The van der Waals surface area contributed by atoms with Gasteiger partial charge in [0.05, 0.1) is 32.0 Å². The van der Waals surface area contributed by atoms with Crippen LogP contribution in [0.3, 0.4) is 0 Å². The highest BCUT2D eigenvalue weighted by Crippen LogP contribution is 2.44. The molecule has 1 aromatic heterocycles. The number of esters is 1. The molecule has 1 aliphatic rings. The summed E-state index contributed by atoms with van der Waals surface area (Å²) >= 11 is 9.75. The number of ether oxygens (including phenoxy) is 5. The molecule has 3 aromatic rings. The Labute approximate surface area is 338 Å². The summed E-state index contributed by atoms with van der Waals surface area (Å²) in [5, 5.41) is 2.80. The molecule has 294 valence electrons. The number of alkyl carbamates (subject to hydrolysis) is 1. The maximum atomic E-state index is 13.1. The van der Waals surface area contributed by atoms with Crippen LogP contribution in [0.2, 0.25) is 0 Å². The molecule has 14 nitrogen and oxygen atoms in total. The third-order valence-electron chi connectivity index (χ3n) is 8.38. The molecule has 0 radical (unpaired) electrons. The van der Waals surface area contributed by atoms with Crippen LogP contribution in [0.5, 0.6) is 0 Å². The van der Waals surface area contributed by atoms with Crippen LogP contribution in [0, 0.1) is 6.92 Å². The smallest absolute Gasteiger partial charge is 0.407 e. The number of H-pyrrole nitrogens is 1. The first kappa shape index (κ1) is 43.4. The number of carbonyl (C=O) groups is 3. The first-order valence-electron chi connectivity index (χ1n) is 17.3. The van der Waals surface area contributed by atoms with Crippen molar-refractivity contribution in [2.45, 2.75) is 47.4 Å². The third-order valence-corrected chi connectivity index (χ3v) is 9.06. The van der Waals surface area contributed by atoms with Crippen molar-refractivity contribution < 1.29 is 38.1 Å². The number of aromatic nitrogens is 2. The number of amides is 2. The van der Waals surface area contributed by atoms with Crippen LogP contribution in [0.15, 0.2) is 64.3 Å². The highest BCUT2D eigenvalue weighted by Gasteiger charge is 2.29. The number of nitrogens with zero attached hydrogens (tertiary/aromatic N) is 2. The van der Waals surface area contributed by atoms with Crippen molar-refractivity contribution >= 4 is 65.8 Å². The zero-order valence-electron chi connectivity index (χ0n) is 30.4. The van der Waals surface area contributed by atoms with E-state index in [9.17, 15) is 24.0 Å². The Bertz CT molecular complexity index is 1810. The number of carbonyl (C=O) groups excluding carboxylic acids is 3. The molecule has 0 unspecified atom stereocenters. The van der Waals surface area contributed by atoms with E-state index in [0.29, 0.717) is 32.8 Å². The van der Waals surface area contributed by atoms with Gasteiger partial charge in [0.25, 0.3) is 5.56 Å². The maximum Gasteiger partial charge on any atom is 0.407 e. The second-order valence-electron chi connectivity index (χ2n) is 13.2. The van der Waals surface area contributed by atoms with Crippen LogP contribution in [0.25, 0.3) is 11.1 Å². The quantitative estimate of drug-likeness (QED) is 0.0912. The van der Waals surface area contributed by atoms with Crippen LogP contribution in [-0.2, 0) is 39.8 Å². The van der Waals surface area contributed by atoms with Crippen LogP contribution >= 0.6 is 47.8 Å². The molecule has 2 aromatic carbocycles. The van der Waals surface area contributed by atoms with Crippen molar-refractivity contribution in [2.75, 3.05) is 65.9 Å². The molecule has 0 saturated carbocycles. The van der Waals surface area contributed by atoms with E-state index in [1.54, 1.807) is 0 Å². The van der Waals surface area contributed by atoms with E-state index >= 15 is 0 Å². The van der Waals surface area contributed by atoms with Crippen molar-refractivity contribution in [3.8, 4) is 11.1 Å². The maximum absolute atomic E-state index is 13.1. The highest BCUT2D eigenvalue weighted by atomic mass is 80.0. The molecule has 0 atom stereocenters. The molecular weight excluding hydrogens is 900 g/mol. The normalized spacial score (nSPS) is 12.6. The monoisotopic (exact) mass is 942 g/mol. The van der Waals surface area contributed by atoms with Gasteiger partial charge in [-0.1, -0.05) is 96.3 Å². The van der Waals surface area contributed by atoms with Gasteiger partial charge >= 0.3 is 17.8 Å². The number of rotatable bonds is 20. The molecular formula is C37H45Br3N4O10. The van der Waals surface area contributed by atoms with Crippen LogP contribution in [0.1, 0.15) is 42.9 Å². The summed E-state index contributed by atoms with van der Waals surface area (Å²) in [6.07, 6.45) is 1.18. The predicted molar refractivity (Wildman–Crippen MR) is 212 cm³/mol. The van der Waals surface area contributed by atoms with Crippen molar-refractivity contribution in [3.63, 3.8) is 0 Å². The summed E-state index contributed by atoms with van der Waals surface area (Å²) in [4.78, 5) is 65.5. The zero-order chi connectivity index (χ0) is 39.3. The minimum absolute atomic E-state index is 0.0187. The van der Waals surface area contributed by atoms with Gasteiger partial charge in [-0.15, -0.1) is 0 Å². The summed E-state index contributed by atoms with van der Waals surface area (Å²) in [6.45, 7) is 6.58. The molecule has 0 aliphatic heterocycles. The first-order chi connectivity index (χ1) is 25.6. The van der Waals surface area contributed by atoms with Gasteiger partial charge in [0, 0.05) is 37.4 Å². The fourth-order valence-electron chi connectivity index (χ4n) is 5.68. The lowest BCUT2D eigenvalue weighted by Crippen LogP contribution is -2.42. The van der Waals surface area contributed by atoms with Gasteiger partial charge in [0.2, 0.25) is 5.91 Å². The number of nitrogens with one attached hydrogen (secondary N) is 2. The van der Waals surface area contributed by atoms with E-state index < -0.39 is 37.0 Å². The lowest BCUT2D eigenvalue weighted by molar-refractivity contribution is -0.149. The molecule has 1 aliphatic carbocycles. The van der Waals surface area contributed by atoms with E-state index in [0.717, 1.165) is 15.7 Å². The molecule has 0 bridgehead atoms. The number of hydrogen-bond donors (Lipinski definition) is 2. The SMILES string of the molecule is Cc1cn(CC(=O)N(CCCOCCOCCOC(C)(C)CNC(=O)OCC2c3ccccc3-c3ccccc32)CC(=O)OCC(Br)(Br)Br)c(=O)[nH]c1=O. The number of halogens is 3. The second-order valence-corrected chi connectivity index (χ2v) is 20.4. The fraction of sp³-hybridized carbons (Fsp3) is 0.486. The zero-order valence-corrected chi connectivity index (χ0v) is 35.1. The lowest BCUT2D eigenvalue weighted by Gasteiger charge is -2.25. The predicted octanol–water partition coefficient (Wildman–Crippen LogP) is 4.81. The van der Waals surface area contributed by atoms with E-state index in [2.05, 4.69) is 82.4 Å². The number of hydrogen-bond acceptors (Lipinski definition) is 10. The molecule has 17 heteroatoms. The van der Waals surface area contributed by atoms with E-state index in [-0.39, 0.29) is 57.5 Å². The van der Waals surface area contributed by atoms with Crippen LogP contribution in [-0.4, -0.2) is 106 Å². The Hall–Kier alpha value is -3.35. The number of fused-ring (bicyclic) bond motifs is 3. The molecule has 2 N–H and O–H groups in total. The molecule has 0 fully saturated rings. The number of alkyl halides is 3. The minimum Gasteiger partial charge on any atom is -0.461 e. The van der Waals surface area contributed by atoms with E-state index in [4.69, 9.17) is 23.7 Å². The second kappa shape index (κ2) is 20.5. The average Bonchev–Trinajstić information content (AvgIpc) is 3.44.